The molecule has 0 aliphatic carbocycles. The first-order valence-corrected chi connectivity index (χ1v) is 16.0. The SMILES string of the molecule is CCCCCCCCCCCCC(OC(=O)Nc1ccccc1)c1ccoc1[Si](C)(C)C. The first-order valence-electron chi connectivity index (χ1n) is 12.5. The van der Waals surface area contributed by atoms with Crippen LogP contribution in [0.15, 0.2) is 47.1 Å². The largest absolute Gasteiger partial charge is 0.474 e. The van der Waals surface area contributed by atoms with Crippen molar-refractivity contribution in [1.82, 2.24) is 0 Å². The van der Waals surface area contributed by atoms with Gasteiger partial charge in [-0.3, -0.25) is 5.32 Å². The molecule has 0 saturated heterocycles. The first kappa shape index (κ1) is 26.2. The monoisotopic (exact) mass is 457 g/mol. The Hall–Kier alpha value is -2.01. The van der Waals surface area contributed by atoms with Gasteiger partial charge >= 0.3 is 6.09 Å². The Morgan fingerprint density at radius 3 is 2.09 bits per heavy atom. The third kappa shape index (κ3) is 9.64. The van der Waals surface area contributed by atoms with Crippen LogP contribution in [0.4, 0.5) is 10.5 Å². The van der Waals surface area contributed by atoms with E-state index in [1.165, 1.54) is 57.8 Å². The topological polar surface area (TPSA) is 51.5 Å². The average Bonchev–Trinajstić information content (AvgIpc) is 3.25. The highest BCUT2D eigenvalue weighted by atomic mass is 28.3. The molecule has 1 N–H and O–H groups in total. The van der Waals surface area contributed by atoms with Gasteiger partial charge in [0.05, 0.1) is 11.6 Å². The van der Waals surface area contributed by atoms with Gasteiger partial charge in [-0.05, 0) is 31.0 Å². The number of ether oxygens (including phenoxy) is 1. The quantitative estimate of drug-likeness (QED) is 0.216. The van der Waals surface area contributed by atoms with Crippen molar-refractivity contribution < 1.29 is 13.9 Å². The lowest BCUT2D eigenvalue weighted by Gasteiger charge is -2.22. The van der Waals surface area contributed by atoms with Gasteiger partial charge in [0.25, 0.3) is 0 Å². The normalized spacial score (nSPS) is 12.5. The van der Waals surface area contributed by atoms with Crippen LogP contribution in [-0.2, 0) is 4.74 Å². The van der Waals surface area contributed by atoms with E-state index in [1.54, 1.807) is 6.26 Å². The zero-order chi connectivity index (χ0) is 23.2. The lowest BCUT2D eigenvalue weighted by molar-refractivity contribution is 0.104. The van der Waals surface area contributed by atoms with Crippen molar-refractivity contribution in [2.24, 2.45) is 0 Å². The number of rotatable bonds is 15. The van der Waals surface area contributed by atoms with Crippen LogP contribution in [0, 0.1) is 0 Å². The summed E-state index contributed by atoms with van der Waals surface area (Å²) in [5.41, 5.74) is 1.79. The number of nitrogens with one attached hydrogen (secondary N) is 1. The molecule has 2 rings (SSSR count). The molecule has 1 atom stereocenters. The zero-order valence-corrected chi connectivity index (χ0v) is 21.6. The van der Waals surface area contributed by atoms with E-state index in [0.29, 0.717) is 0 Å². The molecule has 2 aromatic rings. The Bertz CT molecular complexity index is 767. The van der Waals surface area contributed by atoms with E-state index in [0.717, 1.165) is 29.5 Å². The molecule has 32 heavy (non-hydrogen) atoms. The number of hydrogen-bond donors (Lipinski definition) is 1. The molecule has 5 heteroatoms. The molecule has 1 heterocycles. The van der Waals surface area contributed by atoms with Crippen molar-refractivity contribution in [1.29, 1.82) is 0 Å². The van der Waals surface area contributed by atoms with Crippen LogP contribution in [-0.4, -0.2) is 14.2 Å². The fraction of sp³-hybridized carbons (Fsp3) is 0.593. The smallest absolute Gasteiger partial charge is 0.412 e. The van der Waals surface area contributed by atoms with E-state index >= 15 is 0 Å². The molecule has 1 aromatic carbocycles. The van der Waals surface area contributed by atoms with Crippen LogP contribution in [0.5, 0.6) is 0 Å². The van der Waals surface area contributed by atoms with Crippen molar-refractivity contribution in [3.05, 3.63) is 48.2 Å². The van der Waals surface area contributed by atoms with Crippen molar-refractivity contribution in [3.8, 4) is 0 Å². The summed E-state index contributed by atoms with van der Waals surface area (Å²) in [6.07, 6.45) is 14.8. The van der Waals surface area contributed by atoms with E-state index in [1.807, 2.05) is 36.4 Å². The van der Waals surface area contributed by atoms with Gasteiger partial charge in [0.2, 0.25) is 0 Å². The lowest BCUT2D eigenvalue weighted by Crippen LogP contribution is -2.40. The maximum absolute atomic E-state index is 12.6. The van der Waals surface area contributed by atoms with E-state index in [4.69, 9.17) is 9.15 Å². The van der Waals surface area contributed by atoms with Crippen LogP contribution < -0.4 is 10.7 Å². The third-order valence-corrected chi connectivity index (χ3v) is 7.58. The summed E-state index contributed by atoms with van der Waals surface area (Å²) in [5, 5.41) is 3.88. The Labute approximate surface area is 196 Å². The zero-order valence-electron chi connectivity index (χ0n) is 20.6. The maximum atomic E-state index is 12.6. The molecule has 1 unspecified atom stereocenters. The van der Waals surface area contributed by atoms with Crippen LogP contribution >= 0.6 is 0 Å². The number of unbranched alkanes of at least 4 members (excludes halogenated alkanes) is 9. The molecule has 0 saturated carbocycles. The second-order valence-corrected chi connectivity index (χ2v) is 14.8. The molecule has 0 aliphatic rings. The van der Waals surface area contributed by atoms with Gasteiger partial charge in [-0.25, -0.2) is 4.79 Å². The average molecular weight is 458 g/mol. The number of carbonyl (C=O) groups is 1. The fourth-order valence-corrected chi connectivity index (χ4v) is 5.61. The van der Waals surface area contributed by atoms with Crippen molar-refractivity contribution in [2.45, 2.75) is 103 Å². The molecule has 1 aromatic heterocycles. The summed E-state index contributed by atoms with van der Waals surface area (Å²) in [5.74, 6) is 0. The predicted molar refractivity (Wildman–Crippen MR) is 137 cm³/mol. The number of carbonyl (C=O) groups excluding carboxylic acids is 1. The van der Waals surface area contributed by atoms with Crippen LogP contribution in [0.25, 0.3) is 0 Å². The van der Waals surface area contributed by atoms with Crippen LogP contribution in [0.3, 0.4) is 0 Å². The van der Waals surface area contributed by atoms with Gasteiger partial charge in [-0.15, -0.1) is 0 Å². The van der Waals surface area contributed by atoms with Crippen molar-refractivity contribution in [3.63, 3.8) is 0 Å². The van der Waals surface area contributed by atoms with E-state index < -0.39 is 14.2 Å². The number of hydrogen-bond acceptors (Lipinski definition) is 3. The highest BCUT2D eigenvalue weighted by molar-refractivity contribution is 6.88. The number of para-hydroxylation sites is 1. The molecule has 0 spiro atoms. The van der Waals surface area contributed by atoms with Gasteiger partial charge < -0.3 is 9.15 Å². The first-order chi connectivity index (χ1) is 15.4. The van der Waals surface area contributed by atoms with Crippen LogP contribution in [0.1, 0.15) is 89.2 Å². The van der Waals surface area contributed by atoms with Crippen molar-refractivity contribution >= 4 is 25.2 Å². The summed E-state index contributed by atoms with van der Waals surface area (Å²) in [6.45, 7) is 9.04. The summed E-state index contributed by atoms with van der Waals surface area (Å²) < 4.78 is 11.8. The predicted octanol–water partition coefficient (Wildman–Crippen LogP) is 8.43. The number of amides is 1. The van der Waals surface area contributed by atoms with Gasteiger partial charge in [0, 0.05) is 11.3 Å². The minimum absolute atomic E-state index is 0.270. The number of benzene rings is 1. The Morgan fingerprint density at radius 1 is 0.906 bits per heavy atom. The molecular formula is C27H43NO3Si. The Kier molecular flexibility index (Phi) is 11.6. The van der Waals surface area contributed by atoms with Gasteiger partial charge in [0.1, 0.15) is 14.2 Å². The summed E-state index contributed by atoms with van der Waals surface area (Å²) in [7, 11) is -1.67. The highest BCUT2D eigenvalue weighted by Crippen LogP contribution is 2.26. The molecule has 4 nitrogen and oxygen atoms in total. The molecule has 0 radical (unpaired) electrons. The third-order valence-electron chi connectivity index (χ3n) is 5.81. The van der Waals surface area contributed by atoms with Gasteiger partial charge in [-0.2, -0.15) is 0 Å². The second kappa shape index (κ2) is 14.2. The molecule has 0 fully saturated rings. The lowest BCUT2D eigenvalue weighted by atomic mass is 10.0. The summed E-state index contributed by atoms with van der Waals surface area (Å²) >= 11 is 0. The Balaban J connectivity index is 1.86. The fourth-order valence-electron chi connectivity index (χ4n) is 4.08. The van der Waals surface area contributed by atoms with E-state index in [-0.39, 0.29) is 6.10 Å². The standard InChI is InChI=1S/C27H43NO3Si/c1-5-6-7-8-9-10-11-12-13-17-20-25(24-21-22-30-26(24)32(2,3)4)31-27(29)28-23-18-15-14-16-19-23/h14-16,18-19,21-22,25H,5-13,17,20H2,1-4H3,(H,28,29). The summed E-state index contributed by atoms with van der Waals surface area (Å²) in [6, 6.07) is 11.4. The highest BCUT2D eigenvalue weighted by Gasteiger charge is 2.29. The van der Waals surface area contributed by atoms with E-state index in [9.17, 15) is 4.79 Å². The molecule has 178 valence electrons. The second-order valence-electron chi connectivity index (χ2n) is 9.81. The molecule has 0 bridgehead atoms. The number of anilines is 1. The molecular weight excluding hydrogens is 414 g/mol. The van der Waals surface area contributed by atoms with Gasteiger partial charge in [-0.1, -0.05) is 103 Å². The van der Waals surface area contributed by atoms with Crippen molar-refractivity contribution in [2.75, 3.05) is 5.32 Å². The van der Waals surface area contributed by atoms with Gasteiger partial charge in [0.15, 0.2) is 0 Å². The minimum Gasteiger partial charge on any atom is -0.474 e. The van der Waals surface area contributed by atoms with E-state index in [2.05, 4.69) is 31.9 Å². The number of furan rings is 1. The Morgan fingerprint density at radius 2 is 1.50 bits per heavy atom. The minimum atomic E-state index is -1.67. The molecule has 1 amide bonds. The summed E-state index contributed by atoms with van der Waals surface area (Å²) in [4.78, 5) is 12.6. The van der Waals surface area contributed by atoms with Crippen LogP contribution in [0.2, 0.25) is 19.6 Å². The maximum Gasteiger partial charge on any atom is 0.412 e. The molecule has 0 aliphatic heterocycles.